The average Bonchev–Trinajstić information content (AvgIpc) is 2.40. The fraction of sp³-hybridized carbons (Fsp3) is 0.600. The molecule has 0 fully saturated rings. The van der Waals surface area contributed by atoms with Gasteiger partial charge in [0.15, 0.2) is 11.5 Å². The highest BCUT2D eigenvalue weighted by molar-refractivity contribution is 5.42. The molecule has 1 unspecified atom stereocenters. The molecule has 19 heavy (non-hydrogen) atoms. The molecule has 0 aliphatic carbocycles. The highest BCUT2D eigenvalue weighted by Crippen LogP contribution is 2.27. The summed E-state index contributed by atoms with van der Waals surface area (Å²) in [5, 5.41) is 3.42. The van der Waals surface area contributed by atoms with E-state index in [1.54, 1.807) is 14.2 Å². The Labute approximate surface area is 116 Å². The molecule has 0 radical (unpaired) electrons. The second-order valence-corrected chi connectivity index (χ2v) is 4.61. The van der Waals surface area contributed by atoms with E-state index in [4.69, 9.17) is 14.2 Å². The lowest BCUT2D eigenvalue weighted by atomic mass is 10.1. The Morgan fingerprint density at radius 2 is 2.00 bits per heavy atom. The number of ether oxygens (including phenoxy) is 3. The molecular weight excluding hydrogens is 242 g/mol. The van der Waals surface area contributed by atoms with Crippen LogP contribution in [0.15, 0.2) is 18.2 Å². The van der Waals surface area contributed by atoms with Gasteiger partial charge >= 0.3 is 0 Å². The van der Waals surface area contributed by atoms with Gasteiger partial charge < -0.3 is 19.5 Å². The van der Waals surface area contributed by atoms with Crippen molar-refractivity contribution in [2.75, 3.05) is 34.0 Å². The molecule has 1 N–H and O–H groups in total. The van der Waals surface area contributed by atoms with E-state index >= 15 is 0 Å². The normalized spacial score (nSPS) is 12.2. The summed E-state index contributed by atoms with van der Waals surface area (Å²) in [5.74, 6) is 2.09. The van der Waals surface area contributed by atoms with Crippen LogP contribution in [0.25, 0.3) is 0 Å². The van der Waals surface area contributed by atoms with E-state index in [-0.39, 0.29) is 0 Å². The maximum Gasteiger partial charge on any atom is 0.161 e. The lowest BCUT2D eigenvalue weighted by Gasteiger charge is -2.13. The zero-order chi connectivity index (χ0) is 14.1. The molecule has 0 bridgehead atoms. The van der Waals surface area contributed by atoms with Crippen molar-refractivity contribution in [3.05, 3.63) is 23.8 Å². The van der Waals surface area contributed by atoms with Gasteiger partial charge in [0, 0.05) is 26.8 Å². The maximum absolute atomic E-state index is 5.56. The minimum Gasteiger partial charge on any atom is -0.493 e. The van der Waals surface area contributed by atoms with E-state index in [1.165, 1.54) is 5.56 Å². The van der Waals surface area contributed by atoms with Crippen LogP contribution in [0.4, 0.5) is 0 Å². The molecule has 1 aromatic rings. The zero-order valence-corrected chi connectivity index (χ0v) is 12.4. The van der Waals surface area contributed by atoms with Crippen molar-refractivity contribution in [2.24, 2.45) is 5.92 Å². The molecule has 0 aromatic heterocycles. The van der Waals surface area contributed by atoms with Crippen molar-refractivity contribution in [1.82, 2.24) is 5.32 Å². The summed E-state index contributed by atoms with van der Waals surface area (Å²) in [6.45, 7) is 7.30. The third-order valence-electron chi connectivity index (χ3n) is 2.80. The van der Waals surface area contributed by atoms with Crippen LogP contribution in [0.3, 0.4) is 0 Å². The van der Waals surface area contributed by atoms with Crippen LogP contribution in [0.1, 0.15) is 19.4 Å². The first-order valence-electron chi connectivity index (χ1n) is 6.70. The van der Waals surface area contributed by atoms with Crippen molar-refractivity contribution in [2.45, 2.75) is 20.4 Å². The number of nitrogens with one attached hydrogen (secondary N) is 1. The Kier molecular flexibility index (Phi) is 7.30. The Hall–Kier alpha value is -1.26. The Balaban J connectivity index is 2.52. The highest BCUT2D eigenvalue weighted by atomic mass is 16.5. The Morgan fingerprint density at radius 1 is 1.21 bits per heavy atom. The van der Waals surface area contributed by atoms with Crippen LogP contribution < -0.4 is 14.8 Å². The van der Waals surface area contributed by atoms with E-state index in [9.17, 15) is 0 Å². The molecule has 1 rings (SSSR count). The predicted octanol–water partition coefficient (Wildman–Crippen LogP) is 2.47. The van der Waals surface area contributed by atoms with Crippen LogP contribution in [0, 0.1) is 5.92 Å². The van der Waals surface area contributed by atoms with Crippen molar-refractivity contribution >= 4 is 0 Å². The lowest BCUT2D eigenvalue weighted by molar-refractivity contribution is 0.158. The third-order valence-corrected chi connectivity index (χ3v) is 2.80. The number of hydrogen-bond donors (Lipinski definition) is 1. The van der Waals surface area contributed by atoms with Crippen molar-refractivity contribution < 1.29 is 14.2 Å². The minimum atomic E-state index is 0.509. The van der Waals surface area contributed by atoms with Crippen molar-refractivity contribution in [3.8, 4) is 11.5 Å². The second kappa shape index (κ2) is 8.77. The Bertz CT molecular complexity index is 368. The van der Waals surface area contributed by atoms with E-state index < -0.39 is 0 Å². The monoisotopic (exact) mass is 267 g/mol. The summed E-state index contributed by atoms with van der Waals surface area (Å²) in [7, 11) is 3.39. The number of methoxy groups -OCH3 is 2. The zero-order valence-electron chi connectivity index (χ0n) is 12.4. The quantitative estimate of drug-likeness (QED) is 0.746. The van der Waals surface area contributed by atoms with E-state index in [2.05, 4.69) is 18.3 Å². The molecule has 4 heteroatoms. The molecule has 0 saturated heterocycles. The molecule has 0 heterocycles. The standard InChI is InChI=1S/C15H25NO3/c1-5-19-15-8-13(6-7-14(15)18-4)10-16-9-12(2)11-17-3/h6-8,12,16H,5,9-11H2,1-4H3. The van der Waals surface area contributed by atoms with Crippen LogP contribution >= 0.6 is 0 Å². The lowest BCUT2D eigenvalue weighted by Crippen LogP contribution is -2.23. The molecule has 0 aliphatic heterocycles. The molecular formula is C15H25NO3. The van der Waals surface area contributed by atoms with Crippen molar-refractivity contribution in [1.29, 1.82) is 0 Å². The summed E-state index contributed by atoms with van der Waals surface area (Å²) in [4.78, 5) is 0. The summed E-state index contributed by atoms with van der Waals surface area (Å²) >= 11 is 0. The molecule has 108 valence electrons. The van der Waals surface area contributed by atoms with Gasteiger partial charge in [-0.2, -0.15) is 0 Å². The maximum atomic E-state index is 5.56. The largest absolute Gasteiger partial charge is 0.493 e. The topological polar surface area (TPSA) is 39.7 Å². The number of benzene rings is 1. The number of rotatable bonds is 9. The van der Waals surface area contributed by atoms with E-state index in [1.807, 2.05) is 19.1 Å². The predicted molar refractivity (Wildman–Crippen MR) is 76.9 cm³/mol. The second-order valence-electron chi connectivity index (χ2n) is 4.61. The fourth-order valence-corrected chi connectivity index (χ4v) is 1.91. The molecule has 0 saturated carbocycles. The van der Waals surface area contributed by atoms with Crippen LogP contribution in [0.5, 0.6) is 11.5 Å². The van der Waals surface area contributed by atoms with Crippen LogP contribution in [-0.2, 0) is 11.3 Å². The molecule has 0 aliphatic rings. The fourth-order valence-electron chi connectivity index (χ4n) is 1.91. The van der Waals surface area contributed by atoms with E-state index in [0.29, 0.717) is 12.5 Å². The minimum absolute atomic E-state index is 0.509. The first-order chi connectivity index (χ1) is 9.21. The van der Waals surface area contributed by atoms with Gasteiger partial charge in [-0.1, -0.05) is 13.0 Å². The van der Waals surface area contributed by atoms with Crippen LogP contribution in [-0.4, -0.2) is 34.0 Å². The summed E-state index contributed by atoms with van der Waals surface area (Å²) in [5.41, 5.74) is 1.19. The smallest absolute Gasteiger partial charge is 0.161 e. The van der Waals surface area contributed by atoms with Gasteiger partial charge in [-0.3, -0.25) is 0 Å². The average molecular weight is 267 g/mol. The molecule has 0 spiro atoms. The molecule has 1 atom stereocenters. The van der Waals surface area contributed by atoms with Gasteiger partial charge in [-0.15, -0.1) is 0 Å². The third kappa shape index (κ3) is 5.49. The van der Waals surface area contributed by atoms with Gasteiger partial charge in [-0.25, -0.2) is 0 Å². The van der Waals surface area contributed by atoms with Crippen LogP contribution in [0.2, 0.25) is 0 Å². The Morgan fingerprint density at radius 3 is 2.63 bits per heavy atom. The van der Waals surface area contributed by atoms with Gasteiger partial charge in [0.25, 0.3) is 0 Å². The van der Waals surface area contributed by atoms with Gasteiger partial charge in [0.05, 0.1) is 13.7 Å². The van der Waals surface area contributed by atoms with Gasteiger partial charge in [0.2, 0.25) is 0 Å². The molecule has 1 aromatic carbocycles. The molecule has 0 amide bonds. The van der Waals surface area contributed by atoms with Crippen molar-refractivity contribution in [3.63, 3.8) is 0 Å². The van der Waals surface area contributed by atoms with Gasteiger partial charge in [0.1, 0.15) is 0 Å². The molecule has 4 nitrogen and oxygen atoms in total. The summed E-state index contributed by atoms with van der Waals surface area (Å²) < 4.78 is 15.9. The summed E-state index contributed by atoms with van der Waals surface area (Å²) in [6.07, 6.45) is 0. The first-order valence-corrected chi connectivity index (χ1v) is 6.70. The summed E-state index contributed by atoms with van der Waals surface area (Å²) in [6, 6.07) is 6.02. The van der Waals surface area contributed by atoms with Gasteiger partial charge in [-0.05, 0) is 30.5 Å². The first kappa shape index (κ1) is 15.8. The van der Waals surface area contributed by atoms with E-state index in [0.717, 1.165) is 31.2 Å². The highest BCUT2D eigenvalue weighted by Gasteiger charge is 2.06. The number of hydrogen-bond acceptors (Lipinski definition) is 4. The SMILES string of the molecule is CCOc1cc(CNCC(C)COC)ccc1OC.